The van der Waals surface area contributed by atoms with Crippen LogP contribution in [0.1, 0.15) is 39.0 Å². The van der Waals surface area contributed by atoms with Gasteiger partial charge in [-0.1, -0.05) is 6.92 Å². The van der Waals surface area contributed by atoms with Crippen molar-refractivity contribution in [2.45, 2.75) is 56.8 Å². The Kier molecular flexibility index (Phi) is 4.05. The summed E-state index contributed by atoms with van der Waals surface area (Å²) in [5, 5.41) is 8.80. The van der Waals surface area contributed by atoms with Gasteiger partial charge in [0, 0.05) is 32.7 Å². The zero-order chi connectivity index (χ0) is 15.0. The molecule has 0 bridgehead atoms. The van der Waals surface area contributed by atoms with E-state index in [9.17, 15) is 13.2 Å². The molecule has 20 heavy (non-hydrogen) atoms. The number of hydrogen-bond acceptors (Lipinski definition) is 3. The summed E-state index contributed by atoms with van der Waals surface area (Å²) < 4.78 is 43.5. The molecule has 1 heterocycles. The summed E-state index contributed by atoms with van der Waals surface area (Å²) in [6.07, 6.45) is -0.209. The zero-order valence-electron chi connectivity index (χ0n) is 12.0. The molecule has 6 heteroatoms. The number of nitriles is 1. The standard InChI is InChI=1S/C14H21F3N2O/c1-12(7-8-18)5-3-11(4-6-12)19-9-13(10-19,20-2)14(15,16)17/h11H,3-7,9-10H2,1-2H3/t11-,12-. The maximum atomic E-state index is 12.9. The van der Waals surface area contributed by atoms with Gasteiger partial charge in [0.15, 0.2) is 5.60 Å². The molecule has 1 saturated heterocycles. The van der Waals surface area contributed by atoms with Crippen LogP contribution >= 0.6 is 0 Å². The summed E-state index contributed by atoms with van der Waals surface area (Å²) >= 11 is 0. The molecule has 1 aliphatic heterocycles. The molecule has 0 amide bonds. The summed E-state index contributed by atoms with van der Waals surface area (Å²) in [4.78, 5) is 1.88. The van der Waals surface area contributed by atoms with Gasteiger partial charge >= 0.3 is 6.18 Å². The molecule has 2 rings (SSSR count). The molecule has 2 fully saturated rings. The molecular formula is C14H21F3N2O. The molecule has 0 N–H and O–H groups in total. The molecule has 0 aromatic rings. The lowest BCUT2D eigenvalue weighted by Crippen LogP contribution is -2.72. The van der Waals surface area contributed by atoms with Crippen LogP contribution in [0.15, 0.2) is 0 Å². The van der Waals surface area contributed by atoms with E-state index < -0.39 is 11.8 Å². The fourth-order valence-electron chi connectivity index (χ4n) is 3.32. The summed E-state index contributed by atoms with van der Waals surface area (Å²) in [5.41, 5.74) is -1.93. The lowest BCUT2D eigenvalue weighted by molar-refractivity contribution is -0.316. The first-order valence-corrected chi connectivity index (χ1v) is 6.98. The number of nitrogens with zero attached hydrogens (tertiary/aromatic N) is 2. The van der Waals surface area contributed by atoms with E-state index in [2.05, 4.69) is 13.0 Å². The largest absolute Gasteiger partial charge is 0.419 e. The number of likely N-dealkylation sites (tertiary alicyclic amines) is 1. The van der Waals surface area contributed by atoms with Crippen molar-refractivity contribution in [1.29, 1.82) is 5.26 Å². The second kappa shape index (κ2) is 5.19. The van der Waals surface area contributed by atoms with E-state index in [0.29, 0.717) is 6.42 Å². The summed E-state index contributed by atoms with van der Waals surface area (Å²) in [6.45, 7) is 1.97. The minimum absolute atomic E-state index is 0.0402. The van der Waals surface area contributed by atoms with Crippen molar-refractivity contribution in [3.05, 3.63) is 0 Å². The quantitative estimate of drug-likeness (QED) is 0.801. The minimum Gasteiger partial charge on any atom is -0.366 e. The van der Waals surface area contributed by atoms with Crippen molar-refractivity contribution in [2.75, 3.05) is 20.2 Å². The fourth-order valence-corrected chi connectivity index (χ4v) is 3.32. The van der Waals surface area contributed by atoms with E-state index in [-0.39, 0.29) is 24.5 Å². The maximum absolute atomic E-state index is 12.9. The van der Waals surface area contributed by atoms with E-state index >= 15 is 0 Å². The Morgan fingerprint density at radius 3 is 2.25 bits per heavy atom. The van der Waals surface area contributed by atoms with Crippen molar-refractivity contribution >= 4 is 0 Å². The fraction of sp³-hybridized carbons (Fsp3) is 0.929. The van der Waals surface area contributed by atoms with Crippen LogP contribution in [0.5, 0.6) is 0 Å². The van der Waals surface area contributed by atoms with Crippen LogP contribution in [-0.2, 0) is 4.74 Å². The van der Waals surface area contributed by atoms with Crippen LogP contribution < -0.4 is 0 Å². The Morgan fingerprint density at radius 2 is 1.85 bits per heavy atom. The van der Waals surface area contributed by atoms with E-state index in [0.717, 1.165) is 32.8 Å². The smallest absolute Gasteiger partial charge is 0.366 e. The second-order valence-electron chi connectivity index (χ2n) is 6.48. The van der Waals surface area contributed by atoms with Crippen molar-refractivity contribution < 1.29 is 17.9 Å². The normalized spacial score (nSPS) is 34.3. The molecule has 114 valence electrons. The van der Waals surface area contributed by atoms with Gasteiger partial charge in [-0.15, -0.1) is 0 Å². The number of alkyl halides is 3. The van der Waals surface area contributed by atoms with Gasteiger partial charge in [-0.05, 0) is 31.1 Å². The van der Waals surface area contributed by atoms with E-state index in [1.807, 2.05) is 4.90 Å². The van der Waals surface area contributed by atoms with E-state index in [4.69, 9.17) is 10.00 Å². The van der Waals surface area contributed by atoms with Gasteiger partial charge in [0.1, 0.15) is 0 Å². The Morgan fingerprint density at radius 1 is 1.30 bits per heavy atom. The average molecular weight is 290 g/mol. The second-order valence-corrected chi connectivity index (χ2v) is 6.48. The third-order valence-corrected chi connectivity index (χ3v) is 5.01. The highest BCUT2D eigenvalue weighted by atomic mass is 19.4. The highest BCUT2D eigenvalue weighted by Gasteiger charge is 2.63. The highest BCUT2D eigenvalue weighted by Crippen LogP contribution is 2.45. The number of rotatable bonds is 3. The van der Waals surface area contributed by atoms with Crippen molar-refractivity contribution in [3.8, 4) is 6.07 Å². The maximum Gasteiger partial charge on any atom is 0.419 e. The lowest BCUT2D eigenvalue weighted by Gasteiger charge is -2.54. The van der Waals surface area contributed by atoms with Gasteiger partial charge < -0.3 is 4.74 Å². The first kappa shape index (κ1) is 15.6. The lowest BCUT2D eigenvalue weighted by atomic mass is 9.71. The number of halogens is 3. The van der Waals surface area contributed by atoms with E-state index in [1.165, 1.54) is 0 Å². The third kappa shape index (κ3) is 2.66. The minimum atomic E-state index is -4.30. The first-order valence-electron chi connectivity index (χ1n) is 6.98. The summed E-state index contributed by atoms with van der Waals surface area (Å²) in [7, 11) is 1.13. The zero-order valence-corrected chi connectivity index (χ0v) is 12.0. The molecule has 2 aliphatic rings. The number of hydrogen-bond donors (Lipinski definition) is 0. The molecule has 0 radical (unpaired) electrons. The van der Waals surface area contributed by atoms with Crippen LogP contribution in [-0.4, -0.2) is 42.9 Å². The van der Waals surface area contributed by atoms with Gasteiger partial charge in [-0.25, -0.2) is 0 Å². The van der Waals surface area contributed by atoms with Gasteiger partial charge in [-0.2, -0.15) is 18.4 Å². The molecule has 0 spiro atoms. The Hall–Kier alpha value is -0.800. The molecule has 1 aliphatic carbocycles. The predicted octanol–water partition coefficient (Wildman–Crippen LogP) is 3.11. The molecule has 0 aromatic carbocycles. The van der Waals surface area contributed by atoms with E-state index in [1.54, 1.807) is 0 Å². The van der Waals surface area contributed by atoms with Gasteiger partial charge in [0.05, 0.1) is 6.07 Å². The highest BCUT2D eigenvalue weighted by molar-refractivity contribution is 5.05. The SMILES string of the molecule is COC1(C(F)(F)F)CN([C@H]2CC[C@](C)(CC#N)CC2)C1. The van der Waals surface area contributed by atoms with Crippen molar-refractivity contribution in [1.82, 2.24) is 4.90 Å². The molecule has 0 aromatic heterocycles. The third-order valence-electron chi connectivity index (χ3n) is 5.01. The van der Waals surface area contributed by atoms with Crippen LogP contribution in [0.3, 0.4) is 0 Å². The topological polar surface area (TPSA) is 36.3 Å². The molecular weight excluding hydrogens is 269 g/mol. The monoisotopic (exact) mass is 290 g/mol. The molecule has 1 saturated carbocycles. The number of methoxy groups -OCH3 is 1. The Bertz CT molecular complexity index is 388. The van der Waals surface area contributed by atoms with Crippen LogP contribution in [0.25, 0.3) is 0 Å². The first-order chi connectivity index (χ1) is 9.25. The number of ether oxygens (including phenoxy) is 1. The molecule has 3 nitrogen and oxygen atoms in total. The molecule has 0 unspecified atom stereocenters. The van der Waals surface area contributed by atoms with Gasteiger partial charge in [0.25, 0.3) is 0 Å². The summed E-state index contributed by atoms with van der Waals surface area (Å²) in [5.74, 6) is 0. The summed E-state index contributed by atoms with van der Waals surface area (Å²) in [6, 6.07) is 2.41. The van der Waals surface area contributed by atoms with Crippen LogP contribution in [0, 0.1) is 16.7 Å². The van der Waals surface area contributed by atoms with Gasteiger partial charge in [0.2, 0.25) is 0 Å². The van der Waals surface area contributed by atoms with Crippen LogP contribution in [0.4, 0.5) is 13.2 Å². The predicted molar refractivity (Wildman–Crippen MR) is 68.0 cm³/mol. The average Bonchev–Trinajstić information content (AvgIpc) is 2.29. The van der Waals surface area contributed by atoms with Crippen LogP contribution in [0.2, 0.25) is 0 Å². The Labute approximate surface area is 117 Å². The van der Waals surface area contributed by atoms with Crippen molar-refractivity contribution in [3.63, 3.8) is 0 Å². The Balaban J connectivity index is 1.88. The molecule has 0 atom stereocenters. The van der Waals surface area contributed by atoms with Crippen molar-refractivity contribution in [2.24, 2.45) is 5.41 Å². The van der Waals surface area contributed by atoms with Gasteiger partial charge in [-0.3, -0.25) is 4.90 Å².